The van der Waals surface area contributed by atoms with Crippen molar-refractivity contribution in [3.8, 4) is 0 Å². The van der Waals surface area contributed by atoms with Gasteiger partial charge in [0.15, 0.2) is 0 Å². The molecule has 1 aromatic rings. The maximum Gasteiger partial charge on any atom is 0.320 e. The topological polar surface area (TPSA) is 69.6 Å². The molecule has 1 unspecified atom stereocenters. The number of carbonyl (C=O) groups is 2. The number of carboxylic acids is 1. The molecule has 1 fully saturated rings. The summed E-state index contributed by atoms with van der Waals surface area (Å²) in [6.45, 7) is 1.58. The van der Waals surface area contributed by atoms with Crippen LogP contribution in [-0.4, -0.2) is 40.5 Å². The fraction of sp³-hybridized carbons (Fsp3) is 0.429. The molecule has 1 aliphatic rings. The molecule has 2 rings (SSSR count). The van der Waals surface area contributed by atoms with E-state index in [1.165, 1.54) is 0 Å². The molecule has 1 aromatic carbocycles. The quantitative estimate of drug-likeness (QED) is 0.841. The summed E-state index contributed by atoms with van der Waals surface area (Å²) in [6, 6.07) is 4.39. The predicted octanol–water partition coefficient (Wildman–Crippen LogP) is 2.87. The Kier molecular flexibility index (Phi) is 5.08. The first-order valence-electron chi connectivity index (χ1n) is 6.62. The highest BCUT2D eigenvalue weighted by Gasteiger charge is 2.36. The van der Waals surface area contributed by atoms with E-state index in [4.69, 9.17) is 28.3 Å². The Bertz CT molecular complexity index is 541. The SMILES string of the molecule is CC(C(=O)O)N(CC(=O)Nc1c(Cl)cccc1Cl)C1CC1. The van der Waals surface area contributed by atoms with Gasteiger partial charge in [-0.05, 0) is 31.9 Å². The second kappa shape index (κ2) is 6.64. The highest BCUT2D eigenvalue weighted by molar-refractivity contribution is 6.39. The van der Waals surface area contributed by atoms with Crippen LogP contribution in [0.3, 0.4) is 0 Å². The molecular formula is C14H16Cl2N2O3. The lowest BCUT2D eigenvalue weighted by molar-refractivity contribution is -0.143. The van der Waals surface area contributed by atoms with Gasteiger partial charge in [-0.3, -0.25) is 14.5 Å². The van der Waals surface area contributed by atoms with Crippen LogP contribution >= 0.6 is 23.2 Å². The second-order valence-corrected chi connectivity index (χ2v) is 5.88. The van der Waals surface area contributed by atoms with E-state index in [-0.39, 0.29) is 18.5 Å². The third-order valence-electron chi connectivity index (χ3n) is 3.42. The van der Waals surface area contributed by atoms with Gasteiger partial charge < -0.3 is 10.4 Å². The number of hydrogen-bond donors (Lipinski definition) is 2. The van der Waals surface area contributed by atoms with Gasteiger partial charge in [0.1, 0.15) is 6.04 Å². The van der Waals surface area contributed by atoms with Crippen molar-refractivity contribution in [2.45, 2.75) is 31.8 Å². The summed E-state index contributed by atoms with van der Waals surface area (Å²) in [4.78, 5) is 24.9. The lowest BCUT2D eigenvalue weighted by Gasteiger charge is -2.25. The number of aliphatic carboxylic acids is 1. The Morgan fingerprint density at radius 3 is 2.43 bits per heavy atom. The van der Waals surface area contributed by atoms with Gasteiger partial charge in [-0.1, -0.05) is 29.3 Å². The van der Waals surface area contributed by atoms with Crippen LogP contribution in [0.15, 0.2) is 18.2 Å². The van der Waals surface area contributed by atoms with Gasteiger partial charge in [0.05, 0.1) is 22.3 Å². The Hall–Kier alpha value is -1.30. The van der Waals surface area contributed by atoms with Gasteiger partial charge in [-0.15, -0.1) is 0 Å². The summed E-state index contributed by atoms with van der Waals surface area (Å²) in [5, 5.41) is 12.4. The van der Waals surface area contributed by atoms with Crippen LogP contribution in [0.25, 0.3) is 0 Å². The van der Waals surface area contributed by atoms with Gasteiger partial charge in [-0.2, -0.15) is 0 Å². The first kappa shape index (κ1) is 16.1. The molecule has 1 saturated carbocycles. The molecule has 0 heterocycles. The number of anilines is 1. The average molecular weight is 331 g/mol. The lowest BCUT2D eigenvalue weighted by atomic mass is 10.2. The monoisotopic (exact) mass is 330 g/mol. The van der Waals surface area contributed by atoms with Crippen molar-refractivity contribution in [1.29, 1.82) is 0 Å². The lowest BCUT2D eigenvalue weighted by Crippen LogP contribution is -2.44. The molecule has 114 valence electrons. The highest BCUT2D eigenvalue weighted by Crippen LogP contribution is 2.31. The number of para-hydroxylation sites is 1. The van der Waals surface area contributed by atoms with Gasteiger partial charge >= 0.3 is 5.97 Å². The van der Waals surface area contributed by atoms with Crippen molar-refractivity contribution in [3.63, 3.8) is 0 Å². The first-order chi connectivity index (χ1) is 9.90. The Morgan fingerprint density at radius 2 is 1.95 bits per heavy atom. The summed E-state index contributed by atoms with van der Waals surface area (Å²) in [5.74, 6) is -1.27. The van der Waals surface area contributed by atoms with Crippen LogP contribution in [0, 0.1) is 0 Å². The minimum Gasteiger partial charge on any atom is -0.480 e. The summed E-state index contributed by atoms with van der Waals surface area (Å²) in [5.41, 5.74) is 0.351. The van der Waals surface area contributed by atoms with Crippen molar-refractivity contribution in [1.82, 2.24) is 4.90 Å². The van der Waals surface area contributed by atoms with Crippen LogP contribution in [0.2, 0.25) is 10.0 Å². The van der Waals surface area contributed by atoms with E-state index in [0.717, 1.165) is 12.8 Å². The van der Waals surface area contributed by atoms with Gasteiger partial charge in [0.2, 0.25) is 5.91 Å². The zero-order valence-electron chi connectivity index (χ0n) is 11.5. The fourth-order valence-corrected chi connectivity index (χ4v) is 2.58. The molecule has 5 nitrogen and oxygen atoms in total. The van der Waals surface area contributed by atoms with E-state index < -0.39 is 12.0 Å². The smallest absolute Gasteiger partial charge is 0.320 e. The number of rotatable bonds is 6. The molecule has 0 spiro atoms. The van der Waals surface area contributed by atoms with Crippen molar-refractivity contribution < 1.29 is 14.7 Å². The van der Waals surface area contributed by atoms with Crippen LogP contribution in [-0.2, 0) is 9.59 Å². The van der Waals surface area contributed by atoms with E-state index in [1.54, 1.807) is 30.0 Å². The van der Waals surface area contributed by atoms with E-state index in [9.17, 15) is 9.59 Å². The number of halogens is 2. The molecule has 1 amide bonds. The normalized spacial score (nSPS) is 15.8. The summed E-state index contributed by atoms with van der Waals surface area (Å²) in [7, 11) is 0. The van der Waals surface area contributed by atoms with Gasteiger partial charge in [-0.25, -0.2) is 0 Å². The van der Waals surface area contributed by atoms with Crippen LogP contribution in [0.1, 0.15) is 19.8 Å². The summed E-state index contributed by atoms with van der Waals surface area (Å²) >= 11 is 12.0. The zero-order valence-corrected chi connectivity index (χ0v) is 13.0. The van der Waals surface area contributed by atoms with Gasteiger partial charge in [0, 0.05) is 6.04 Å². The molecule has 0 aromatic heterocycles. The minimum atomic E-state index is -0.939. The van der Waals surface area contributed by atoms with Crippen molar-refractivity contribution in [3.05, 3.63) is 28.2 Å². The molecule has 0 radical (unpaired) electrons. The molecule has 2 N–H and O–H groups in total. The highest BCUT2D eigenvalue weighted by atomic mass is 35.5. The van der Waals surface area contributed by atoms with Crippen LogP contribution in [0.4, 0.5) is 5.69 Å². The molecule has 0 saturated heterocycles. The number of nitrogens with one attached hydrogen (secondary N) is 1. The van der Waals surface area contributed by atoms with Crippen molar-refractivity contribution in [2.24, 2.45) is 0 Å². The Labute approximate surface area is 132 Å². The molecule has 1 aliphatic carbocycles. The molecule has 1 atom stereocenters. The number of amides is 1. The molecule has 0 bridgehead atoms. The first-order valence-corrected chi connectivity index (χ1v) is 7.38. The molecule has 21 heavy (non-hydrogen) atoms. The standard InChI is InChI=1S/C14H16Cl2N2O3/c1-8(14(20)21)18(9-5-6-9)7-12(19)17-13-10(15)3-2-4-11(13)16/h2-4,8-9H,5-7H2,1H3,(H,17,19)(H,20,21). The fourth-order valence-electron chi connectivity index (χ4n) is 2.09. The Balaban J connectivity index is 2.04. The number of carboxylic acid groups (broad SMARTS) is 1. The number of hydrogen-bond acceptors (Lipinski definition) is 3. The van der Waals surface area contributed by atoms with E-state index in [1.807, 2.05) is 0 Å². The largest absolute Gasteiger partial charge is 0.480 e. The van der Waals surface area contributed by atoms with Gasteiger partial charge in [0.25, 0.3) is 0 Å². The molecule has 7 heteroatoms. The van der Waals surface area contributed by atoms with Crippen LogP contribution < -0.4 is 5.32 Å². The molecule has 0 aliphatic heterocycles. The third kappa shape index (κ3) is 4.09. The summed E-state index contributed by atoms with van der Waals surface area (Å²) in [6.07, 6.45) is 1.83. The number of carbonyl (C=O) groups excluding carboxylic acids is 1. The maximum absolute atomic E-state index is 12.1. The second-order valence-electron chi connectivity index (χ2n) is 5.06. The maximum atomic E-state index is 12.1. The zero-order chi connectivity index (χ0) is 15.6. The van der Waals surface area contributed by atoms with E-state index >= 15 is 0 Å². The van der Waals surface area contributed by atoms with Crippen molar-refractivity contribution >= 4 is 40.8 Å². The van der Waals surface area contributed by atoms with E-state index in [0.29, 0.717) is 15.7 Å². The number of benzene rings is 1. The van der Waals surface area contributed by atoms with Crippen LogP contribution in [0.5, 0.6) is 0 Å². The average Bonchev–Trinajstić information content (AvgIpc) is 3.24. The minimum absolute atomic E-state index is 0.000312. The predicted molar refractivity (Wildman–Crippen MR) is 81.9 cm³/mol. The van der Waals surface area contributed by atoms with E-state index in [2.05, 4.69) is 5.32 Å². The summed E-state index contributed by atoms with van der Waals surface area (Å²) < 4.78 is 0. The molecular weight excluding hydrogens is 315 g/mol. The Morgan fingerprint density at radius 1 is 1.38 bits per heavy atom. The third-order valence-corrected chi connectivity index (χ3v) is 4.05. The van der Waals surface area contributed by atoms with Crippen molar-refractivity contribution in [2.75, 3.05) is 11.9 Å². The number of nitrogens with zero attached hydrogens (tertiary/aromatic N) is 1.